The number of aryl methyl sites for hydroxylation is 1. The van der Waals surface area contributed by atoms with Crippen molar-refractivity contribution in [2.45, 2.75) is 64.2 Å². The van der Waals surface area contributed by atoms with Gasteiger partial charge in [0.15, 0.2) is 0 Å². The van der Waals surface area contributed by atoms with Crippen LogP contribution in [0.3, 0.4) is 0 Å². The first-order valence-corrected chi connectivity index (χ1v) is 9.06. The maximum absolute atomic E-state index is 11.1. The lowest BCUT2D eigenvalue weighted by molar-refractivity contribution is -0.140. The highest BCUT2D eigenvalue weighted by atomic mass is 16.5. The van der Waals surface area contributed by atoms with E-state index in [9.17, 15) is 4.79 Å². The van der Waals surface area contributed by atoms with Gasteiger partial charge in [-0.15, -0.1) is 0 Å². The van der Waals surface area contributed by atoms with E-state index in [0.717, 1.165) is 30.3 Å². The van der Waals surface area contributed by atoms with Crippen LogP contribution in [0.4, 0.5) is 0 Å². The number of unbranched alkanes of at least 4 members (excludes halogenated alkanes) is 1. The molecule has 0 saturated heterocycles. The number of esters is 1. The summed E-state index contributed by atoms with van der Waals surface area (Å²) < 4.78 is 10.5. The molecule has 0 N–H and O–H groups in total. The Labute approximate surface area is 140 Å². The molecule has 1 saturated carbocycles. The quantitative estimate of drug-likeness (QED) is 0.479. The largest absolute Gasteiger partial charge is 0.494 e. The smallest absolute Gasteiger partial charge is 0.305 e. The summed E-state index contributed by atoms with van der Waals surface area (Å²) in [4.78, 5) is 11.1. The summed E-state index contributed by atoms with van der Waals surface area (Å²) in [6, 6.07) is 8.04. The highest BCUT2D eigenvalue weighted by Gasteiger charge is 2.12. The summed E-state index contributed by atoms with van der Waals surface area (Å²) in [6.07, 6.45) is 12.1. The third-order valence-electron chi connectivity index (χ3n) is 4.77. The summed E-state index contributed by atoms with van der Waals surface area (Å²) >= 11 is 0. The predicted octanol–water partition coefficient (Wildman–Crippen LogP) is 4.92. The Morgan fingerprint density at radius 1 is 1.09 bits per heavy atom. The Balaban J connectivity index is 1.57. The van der Waals surface area contributed by atoms with Crippen molar-refractivity contribution in [2.24, 2.45) is 5.92 Å². The van der Waals surface area contributed by atoms with Crippen LogP contribution in [0.25, 0.3) is 0 Å². The zero-order valence-electron chi connectivity index (χ0n) is 14.4. The van der Waals surface area contributed by atoms with Gasteiger partial charge in [0, 0.05) is 6.42 Å². The fourth-order valence-corrected chi connectivity index (χ4v) is 3.30. The molecule has 1 fully saturated rings. The summed E-state index contributed by atoms with van der Waals surface area (Å²) in [6.45, 7) is 0.800. The topological polar surface area (TPSA) is 35.5 Å². The van der Waals surface area contributed by atoms with Gasteiger partial charge in [-0.3, -0.25) is 4.79 Å². The second-order valence-electron chi connectivity index (χ2n) is 6.57. The van der Waals surface area contributed by atoms with E-state index in [1.54, 1.807) is 0 Å². The molecule has 0 atom stereocenters. The van der Waals surface area contributed by atoms with Crippen molar-refractivity contribution < 1.29 is 14.3 Å². The minimum Gasteiger partial charge on any atom is -0.494 e. The normalized spacial score (nSPS) is 15.3. The molecule has 3 nitrogen and oxygen atoms in total. The number of carbonyl (C=O) groups is 1. The Hall–Kier alpha value is -1.51. The standard InChI is InChI=1S/C20H30O3/c1-22-20(21)15-12-18-10-13-19(14-11-18)23-16-6-5-9-17-7-3-2-4-8-17/h10-11,13-14,17H,2-9,12,15-16H2,1H3. The fourth-order valence-electron chi connectivity index (χ4n) is 3.30. The van der Waals surface area contributed by atoms with Gasteiger partial charge in [0.2, 0.25) is 0 Å². The van der Waals surface area contributed by atoms with Crippen LogP contribution in [0, 0.1) is 5.92 Å². The molecule has 1 aliphatic carbocycles. The molecule has 0 aromatic heterocycles. The summed E-state index contributed by atoms with van der Waals surface area (Å²) in [5, 5.41) is 0. The molecule has 0 radical (unpaired) electrons. The average molecular weight is 318 g/mol. The average Bonchev–Trinajstić information content (AvgIpc) is 2.61. The molecule has 0 aliphatic heterocycles. The van der Waals surface area contributed by atoms with Gasteiger partial charge in [0.05, 0.1) is 13.7 Å². The van der Waals surface area contributed by atoms with Gasteiger partial charge < -0.3 is 9.47 Å². The summed E-state index contributed by atoms with van der Waals surface area (Å²) in [5.74, 6) is 1.73. The lowest BCUT2D eigenvalue weighted by atomic mass is 9.86. The number of hydrogen-bond acceptors (Lipinski definition) is 3. The number of benzene rings is 1. The molecule has 1 aliphatic rings. The first-order valence-electron chi connectivity index (χ1n) is 9.06. The summed E-state index contributed by atoms with van der Waals surface area (Å²) in [7, 11) is 1.42. The van der Waals surface area contributed by atoms with Crippen molar-refractivity contribution in [3.05, 3.63) is 29.8 Å². The summed E-state index contributed by atoms with van der Waals surface area (Å²) in [5.41, 5.74) is 1.14. The van der Waals surface area contributed by atoms with E-state index in [4.69, 9.17) is 4.74 Å². The van der Waals surface area contributed by atoms with E-state index in [2.05, 4.69) is 4.74 Å². The van der Waals surface area contributed by atoms with Crippen LogP contribution >= 0.6 is 0 Å². The maximum atomic E-state index is 11.1. The molecular formula is C20H30O3. The van der Waals surface area contributed by atoms with Crippen molar-refractivity contribution in [1.29, 1.82) is 0 Å². The van der Waals surface area contributed by atoms with E-state index in [-0.39, 0.29) is 5.97 Å². The third kappa shape index (κ3) is 7.06. The maximum Gasteiger partial charge on any atom is 0.305 e. The monoisotopic (exact) mass is 318 g/mol. The van der Waals surface area contributed by atoms with Gasteiger partial charge in [0.25, 0.3) is 0 Å². The fraction of sp³-hybridized carbons (Fsp3) is 0.650. The first kappa shape index (κ1) is 17.8. The molecule has 0 amide bonds. The van der Waals surface area contributed by atoms with Crippen molar-refractivity contribution in [3.8, 4) is 5.75 Å². The lowest BCUT2D eigenvalue weighted by Crippen LogP contribution is -2.07. The molecular weight excluding hydrogens is 288 g/mol. The molecule has 23 heavy (non-hydrogen) atoms. The van der Waals surface area contributed by atoms with Gasteiger partial charge in [-0.2, -0.15) is 0 Å². The van der Waals surface area contributed by atoms with Crippen LogP contribution in [0.5, 0.6) is 5.75 Å². The van der Waals surface area contributed by atoms with E-state index in [1.807, 2.05) is 24.3 Å². The molecule has 1 aromatic rings. The number of methoxy groups -OCH3 is 1. The van der Waals surface area contributed by atoms with E-state index >= 15 is 0 Å². The van der Waals surface area contributed by atoms with Gasteiger partial charge >= 0.3 is 5.97 Å². The Bertz CT molecular complexity index is 446. The number of hydrogen-bond donors (Lipinski definition) is 0. The second-order valence-corrected chi connectivity index (χ2v) is 6.57. The molecule has 0 bridgehead atoms. The van der Waals surface area contributed by atoms with Gasteiger partial charge in [-0.1, -0.05) is 50.7 Å². The highest BCUT2D eigenvalue weighted by Crippen LogP contribution is 2.27. The number of ether oxygens (including phenoxy) is 2. The van der Waals surface area contributed by atoms with Crippen LogP contribution in [-0.4, -0.2) is 19.7 Å². The lowest BCUT2D eigenvalue weighted by Gasteiger charge is -2.21. The Kier molecular flexibility index (Phi) is 7.99. The van der Waals surface area contributed by atoms with Gasteiger partial charge in [-0.25, -0.2) is 0 Å². The molecule has 0 spiro atoms. The zero-order chi connectivity index (χ0) is 16.3. The Morgan fingerprint density at radius 3 is 2.52 bits per heavy atom. The molecule has 2 rings (SSSR count). The third-order valence-corrected chi connectivity index (χ3v) is 4.77. The van der Waals surface area contributed by atoms with Crippen LogP contribution < -0.4 is 4.74 Å². The zero-order valence-corrected chi connectivity index (χ0v) is 14.4. The van der Waals surface area contributed by atoms with E-state index < -0.39 is 0 Å². The van der Waals surface area contributed by atoms with Crippen LogP contribution in [-0.2, 0) is 16.0 Å². The predicted molar refractivity (Wildman–Crippen MR) is 92.7 cm³/mol. The van der Waals surface area contributed by atoms with E-state index in [0.29, 0.717) is 12.8 Å². The van der Waals surface area contributed by atoms with Gasteiger partial charge in [-0.05, 0) is 42.9 Å². The molecule has 1 aromatic carbocycles. The minimum absolute atomic E-state index is 0.164. The minimum atomic E-state index is -0.164. The van der Waals surface area contributed by atoms with Crippen molar-refractivity contribution in [1.82, 2.24) is 0 Å². The number of rotatable bonds is 9. The van der Waals surface area contributed by atoms with Crippen LogP contribution in [0.1, 0.15) is 63.4 Å². The van der Waals surface area contributed by atoms with Crippen LogP contribution in [0.15, 0.2) is 24.3 Å². The first-order chi connectivity index (χ1) is 11.3. The molecule has 0 heterocycles. The van der Waals surface area contributed by atoms with Crippen molar-refractivity contribution in [2.75, 3.05) is 13.7 Å². The van der Waals surface area contributed by atoms with Gasteiger partial charge in [0.1, 0.15) is 5.75 Å². The molecule has 0 unspecified atom stereocenters. The van der Waals surface area contributed by atoms with Crippen molar-refractivity contribution >= 4 is 5.97 Å². The SMILES string of the molecule is COC(=O)CCc1ccc(OCCCCC2CCCCC2)cc1. The van der Waals surface area contributed by atoms with Crippen molar-refractivity contribution in [3.63, 3.8) is 0 Å². The Morgan fingerprint density at radius 2 is 1.83 bits per heavy atom. The van der Waals surface area contributed by atoms with Crippen LogP contribution in [0.2, 0.25) is 0 Å². The second kappa shape index (κ2) is 10.3. The molecule has 3 heteroatoms. The highest BCUT2D eigenvalue weighted by molar-refractivity contribution is 5.69. The number of carbonyl (C=O) groups excluding carboxylic acids is 1. The molecule has 128 valence electrons. The van der Waals surface area contributed by atoms with E-state index in [1.165, 1.54) is 52.1 Å².